The van der Waals surface area contributed by atoms with Gasteiger partial charge in [0.15, 0.2) is 0 Å². The zero-order chi connectivity index (χ0) is 10.7. The number of nitrogens with one attached hydrogen (secondary N) is 1. The lowest BCUT2D eigenvalue weighted by atomic mass is 10.1. The summed E-state index contributed by atoms with van der Waals surface area (Å²) < 4.78 is 0. The lowest BCUT2D eigenvalue weighted by Gasteiger charge is -2.09. The van der Waals surface area contributed by atoms with Gasteiger partial charge in [-0.1, -0.05) is 31.2 Å². The molecule has 0 fully saturated rings. The van der Waals surface area contributed by atoms with Crippen LogP contribution < -0.4 is 11.1 Å². The summed E-state index contributed by atoms with van der Waals surface area (Å²) >= 11 is 0. The Hall–Kier alpha value is -1.70. The highest BCUT2D eigenvalue weighted by Gasteiger charge is 2.00. The van der Waals surface area contributed by atoms with Crippen LogP contribution in [0.5, 0.6) is 0 Å². The van der Waals surface area contributed by atoms with Crippen molar-refractivity contribution in [2.75, 3.05) is 17.6 Å². The molecular weight excluding hydrogens is 184 g/mol. The predicted molar refractivity (Wildman–Crippen MR) is 67.1 cm³/mol. The van der Waals surface area contributed by atoms with E-state index in [0.29, 0.717) is 0 Å². The minimum atomic E-state index is 0.821. The fourth-order valence-electron chi connectivity index (χ4n) is 1.67. The molecule has 0 aliphatic carbocycles. The number of fused-ring (bicyclic) bond motifs is 1. The van der Waals surface area contributed by atoms with Crippen LogP contribution in [-0.4, -0.2) is 6.54 Å². The smallest absolute Gasteiger partial charge is 0.0580 e. The number of nitrogens with two attached hydrogens (primary N) is 1. The van der Waals surface area contributed by atoms with Crippen molar-refractivity contribution in [1.29, 1.82) is 0 Å². The molecule has 0 aliphatic heterocycles. The molecule has 0 amide bonds. The van der Waals surface area contributed by atoms with Crippen molar-refractivity contribution in [3.8, 4) is 0 Å². The molecule has 3 N–H and O–H groups in total. The van der Waals surface area contributed by atoms with Gasteiger partial charge in [-0.3, -0.25) is 0 Å². The molecule has 0 spiro atoms. The Kier molecular flexibility index (Phi) is 2.77. The van der Waals surface area contributed by atoms with E-state index in [9.17, 15) is 0 Å². The summed E-state index contributed by atoms with van der Waals surface area (Å²) in [7, 11) is 0. The van der Waals surface area contributed by atoms with Crippen molar-refractivity contribution in [3.63, 3.8) is 0 Å². The quantitative estimate of drug-likeness (QED) is 0.746. The normalized spacial score (nSPS) is 10.5. The van der Waals surface area contributed by atoms with E-state index in [1.165, 1.54) is 10.8 Å². The highest BCUT2D eigenvalue weighted by molar-refractivity contribution is 5.91. The molecule has 2 rings (SSSR count). The third kappa shape index (κ3) is 2.04. The maximum Gasteiger partial charge on any atom is 0.0580 e. The van der Waals surface area contributed by atoms with Crippen LogP contribution in [0.2, 0.25) is 0 Å². The molecule has 0 aliphatic rings. The molecule has 0 radical (unpaired) electrons. The fourth-order valence-corrected chi connectivity index (χ4v) is 1.67. The molecule has 0 atom stereocenters. The molecule has 2 aromatic carbocycles. The van der Waals surface area contributed by atoms with Crippen LogP contribution in [0.1, 0.15) is 13.3 Å². The number of hydrogen-bond acceptors (Lipinski definition) is 2. The van der Waals surface area contributed by atoms with Gasteiger partial charge < -0.3 is 11.1 Å². The Balaban J connectivity index is 2.43. The van der Waals surface area contributed by atoms with E-state index >= 15 is 0 Å². The molecule has 2 nitrogen and oxygen atoms in total. The van der Waals surface area contributed by atoms with Gasteiger partial charge >= 0.3 is 0 Å². The summed E-state index contributed by atoms with van der Waals surface area (Å²) in [5.74, 6) is 0. The van der Waals surface area contributed by atoms with E-state index in [2.05, 4.69) is 30.4 Å². The van der Waals surface area contributed by atoms with Crippen molar-refractivity contribution >= 4 is 22.1 Å². The Bertz CT molecular complexity index is 463. The van der Waals surface area contributed by atoms with E-state index in [1.54, 1.807) is 0 Å². The molecular formula is C13H16N2. The maximum absolute atomic E-state index is 5.96. The Morgan fingerprint density at radius 1 is 1.13 bits per heavy atom. The van der Waals surface area contributed by atoms with Crippen LogP contribution in [0, 0.1) is 0 Å². The van der Waals surface area contributed by atoms with E-state index in [-0.39, 0.29) is 0 Å². The van der Waals surface area contributed by atoms with Gasteiger partial charge in [0.25, 0.3) is 0 Å². The second-order valence-corrected chi connectivity index (χ2v) is 3.71. The lowest BCUT2D eigenvalue weighted by molar-refractivity contribution is 0.981. The first-order chi connectivity index (χ1) is 7.31. The topological polar surface area (TPSA) is 38.0 Å². The van der Waals surface area contributed by atoms with Crippen LogP contribution in [0.3, 0.4) is 0 Å². The summed E-state index contributed by atoms with van der Waals surface area (Å²) in [6.07, 6.45) is 1.10. The van der Waals surface area contributed by atoms with E-state index < -0.39 is 0 Å². The van der Waals surface area contributed by atoms with Gasteiger partial charge in [0.05, 0.1) is 11.4 Å². The van der Waals surface area contributed by atoms with Gasteiger partial charge in [-0.2, -0.15) is 0 Å². The molecule has 15 heavy (non-hydrogen) atoms. The van der Waals surface area contributed by atoms with E-state index in [0.717, 1.165) is 24.3 Å². The molecule has 0 saturated carbocycles. The first kappa shape index (κ1) is 9.84. The zero-order valence-electron chi connectivity index (χ0n) is 8.96. The highest BCUT2D eigenvalue weighted by atomic mass is 14.9. The number of rotatable bonds is 3. The van der Waals surface area contributed by atoms with Crippen molar-refractivity contribution < 1.29 is 0 Å². The van der Waals surface area contributed by atoms with Gasteiger partial charge in [0.1, 0.15) is 0 Å². The summed E-state index contributed by atoms with van der Waals surface area (Å²) in [5.41, 5.74) is 7.82. The Morgan fingerprint density at radius 2 is 1.80 bits per heavy atom. The van der Waals surface area contributed by atoms with Gasteiger partial charge in [-0.05, 0) is 29.3 Å². The number of hydrogen-bond donors (Lipinski definition) is 2. The van der Waals surface area contributed by atoms with Crippen LogP contribution in [0.4, 0.5) is 11.4 Å². The van der Waals surface area contributed by atoms with Gasteiger partial charge in [-0.15, -0.1) is 0 Å². The molecule has 0 aromatic heterocycles. The summed E-state index contributed by atoms with van der Waals surface area (Å²) in [5, 5.41) is 5.75. The van der Waals surface area contributed by atoms with Crippen LogP contribution in [0.15, 0.2) is 36.4 Å². The van der Waals surface area contributed by atoms with Crippen molar-refractivity contribution in [1.82, 2.24) is 0 Å². The average Bonchev–Trinajstić information content (AvgIpc) is 2.26. The third-order valence-electron chi connectivity index (χ3n) is 2.48. The van der Waals surface area contributed by atoms with Crippen LogP contribution >= 0.6 is 0 Å². The van der Waals surface area contributed by atoms with E-state index in [4.69, 9.17) is 5.73 Å². The largest absolute Gasteiger partial charge is 0.397 e. The fraction of sp³-hybridized carbons (Fsp3) is 0.231. The number of nitrogen functional groups attached to an aromatic ring is 1. The maximum atomic E-state index is 5.96. The van der Waals surface area contributed by atoms with Crippen LogP contribution in [0.25, 0.3) is 10.8 Å². The second-order valence-electron chi connectivity index (χ2n) is 3.71. The summed E-state index contributed by atoms with van der Waals surface area (Å²) in [6, 6.07) is 12.4. The molecule has 0 heterocycles. The molecule has 0 bridgehead atoms. The van der Waals surface area contributed by atoms with Crippen molar-refractivity contribution in [2.24, 2.45) is 0 Å². The Labute approximate surface area is 90.1 Å². The average molecular weight is 200 g/mol. The highest BCUT2D eigenvalue weighted by Crippen LogP contribution is 2.25. The van der Waals surface area contributed by atoms with Gasteiger partial charge in [0, 0.05) is 6.54 Å². The monoisotopic (exact) mass is 200 g/mol. The SMILES string of the molecule is CCCNc1cc2ccccc2cc1N. The molecule has 0 unspecified atom stereocenters. The first-order valence-electron chi connectivity index (χ1n) is 5.33. The minimum absolute atomic E-state index is 0.821. The predicted octanol–water partition coefficient (Wildman–Crippen LogP) is 3.24. The van der Waals surface area contributed by atoms with Crippen LogP contribution in [-0.2, 0) is 0 Å². The molecule has 78 valence electrons. The van der Waals surface area contributed by atoms with Gasteiger partial charge in [-0.25, -0.2) is 0 Å². The lowest BCUT2D eigenvalue weighted by Crippen LogP contribution is -2.02. The molecule has 0 saturated heterocycles. The first-order valence-corrected chi connectivity index (χ1v) is 5.33. The summed E-state index contributed by atoms with van der Waals surface area (Å²) in [4.78, 5) is 0. The molecule has 2 heteroatoms. The molecule has 2 aromatic rings. The standard InChI is InChI=1S/C13H16N2/c1-2-7-15-13-9-11-6-4-3-5-10(11)8-12(13)14/h3-6,8-9,15H,2,7,14H2,1H3. The number of anilines is 2. The third-order valence-corrected chi connectivity index (χ3v) is 2.48. The van der Waals surface area contributed by atoms with E-state index in [1.807, 2.05) is 18.2 Å². The number of benzene rings is 2. The zero-order valence-corrected chi connectivity index (χ0v) is 8.96. The minimum Gasteiger partial charge on any atom is -0.397 e. The van der Waals surface area contributed by atoms with Gasteiger partial charge in [0.2, 0.25) is 0 Å². The van der Waals surface area contributed by atoms with Crippen molar-refractivity contribution in [3.05, 3.63) is 36.4 Å². The summed E-state index contributed by atoms with van der Waals surface area (Å²) in [6.45, 7) is 3.10. The van der Waals surface area contributed by atoms with Crippen molar-refractivity contribution in [2.45, 2.75) is 13.3 Å². The second kappa shape index (κ2) is 4.22. The Morgan fingerprint density at radius 3 is 2.47 bits per heavy atom.